The molecule has 0 aliphatic carbocycles. The fourth-order valence-corrected chi connectivity index (χ4v) is 3.75. The molecule has 0 atom stereocenters. The number of aryl methyl sites for hydroxylation is 1. The highest BCUT2D eigenvalue weighted by Gasteiger charge is 2.30. The molecule has 0 bridgehead atoms. The molecule has 4 rings (SSSR count). The maximum Gasteiger partial charge on any atom is 0.355 e. The van der Waals surface area contributed by atoms with Crippen LogP contribution in [0.3, 0.4) is 0 Å². The summed E-state index contributed by atoms with van der Waals surface area (Å²) < 4.78 is 0. The number of halogens is 1. The van der Waals surface area contributed by atoms with Crippen molar-refractivity contribution in [1.82, 2.24) is 15.4 Å². The number of nitro groups is 2. The highest BCUT2D eigenvalue weighted by molar-refractivity contribution is 6.32. The van der Waals surface area contributed by atoms with E-state index in [0.29, 0.717) is 6.54 Å². The van der Waals surface area contributed by atoms with Crippen LogP contribution in [0, 0.1) is 20.2 Å². The number of hydrazine groups is 1. The Morgan fingerprint density at radius 2 is 1.88 bits per heavy atom. The minimum absolute atomic E-state index is 0.0690. The third-order valence-electron chi connectivity index (χ3n) is 5.05. The van der Waals surface area contributed by atoms with Crippen LogP contribution >= 0.6 is 11.6 Å². The smallest absolute Gasteiger partial charge is 0.320 e. The molecule has 0 saturated carbocycles. The van der Waals surface area contributed by atoms with E-state index >= 15 is 0 Å². The molecule has 1 aromatic heterocycles. The van der Waals surface area contributed by atoms with Gasteiger partial charge in [-0.05, 0) is 36.6 Å². The standard InChI is InChI=1S/C20H16ClN7O5/c21-14-8-7-13(10-16(14)27(30)31)20(29)25-24-18-17(28(32)33)19(23-11-22-18)26-9-3-5-12-4-1-2-6-15(12)26/h1-2,4,6-8,10-11H,3,5,9H2,(H,25,29)(H,22,23,24). The van der Waals surface area contributed by atoms with Gasteiger partial charge in [-0.2, -0.15) is 0 Å². The predicted molar refractivity (Wildman–Crippen MR) is 120 cm³/mol. The molecule has 2 N–H and O–H groups in total. The van der Waals surface area contributed by atoms with E-state index < -0.39 is 27.1 Å². The molecule has 2 aromatic carbocycles. The molecular formula is C20H16ClN7O5. The van der Waals surface area contributed by atoms with Gasteiger partial charge in [-0.1, -0.05) is 29.8 Å². The van der Waals surface area contributed by atoms with Crippen LogP contribution < -0.4 is 15.8 Å². The number of anilines is 3. The molecule has 3 aromatic rings. The zero-order valence-electron chi connectivity index (χ0n) is 16.9. The van der Waals surface area contributed by atoms with Crippen LogP contribution in [0.2, 0.25) is 5.02 Å². The van der Waals surface area contributed by atoms with E-state index in [0.717, 1.165) is 36.5 Å². The third-order valence-corrected chi connectivity index (χ3v) is 5.37. The molecule has 0 fully saturated rings. The SMILES string of the molecule is O=C(NNc1ncnc(N2CCCc3ccccc32)c1[N+](=O)[O-])c1ccc(Cl)c([N+](=O)[O-])c1. The van der Waals surface area contributed by atoms with Gasteiger partial charge in [0.1, 0.15) is 11.3 Å². The Hall–Kier alpha value is -4.32. The molecular weight excluding hydrogens is 454 g/mol. The fraction of sp³-hybridized carbons (Fsp3) is 0.150. The molecule has 0 unspecified atom stereocenters. The van der Waals surface area contributed by atoms with Crippen molar-refractivity contribution in [3.05, 3.63) is 85.2 Å². The Kier molecular flexibility index (Phi) is 6.00. The van der Waals surface area contributed by atoms with Gasteiger partial charge in [0.05, 0.1) is 9.85 Å². The summed E-state index contributed by atoms with van der Waals surface area (Å²) in [5.41, 5.74) is 5.64. The van der Waals surface area contributed by atoms with E-state index in [1.165, 1.54) is 12.1 Å². The van der Waals surface area contributed by atoms with E-state index in [1.54, 1.807) is 4.90 Å². The first-order valence-electron chi connectivity index (χ1n) is 9.72. The van der Waals surface area contributed by atoms with Gasteiger partial charge in [0.2, 0.25) is 11.6 Å². The van der Waals surface area contributed by atoms with Gasteiger partial charge < -0.3 is 4.90 Å². The quantitative estimate of drug-likeness (QED) is 0.404. The number of para-hydroxylation sites is 1. The van der Waals surface area contributed by atoms with Gasteiger partial charge in [-0.3, -0.25) is 35.9 Å². The molecule has 12 nitrogen and oxygen atoms in total. The summed E-state index contributed by atoms with van der Waals surface area (Å²) in [6, 6.07) is 11.1. The summed E-state index contributed by atoms with van der Waals surface area (Å²) in [5.74, 6) is -0.918. The first-order valence-corrected chi connectivity index (χ1v) is 10.1. The van der Waals surface area contributed by atoms with Gasteiger partial charge in [-0.15, -0.1) is 0 Å². The third kappa shape index (κ3) is 4.36. The molecule has 0 radical (unpaired) electrons. The number of hydrogen-bond donors (Lipinski definition) is 2. The summed E-state index contributed by atoms with van der Waals surface area (Å²) in [7, 11) is 0. The normalized spacial score (nSPS) is 12.6. The lowest BCUT2D eigenvalue weighted by atomic mass is 10.0. The number of rotatable bonds is 6. The number of carbonyl (C=O) groups excluding carboxylic acids is 1. The van der Waals surface area contributed by atoms with Crippen molar-refractivity contribution >= 4 is 46.2 Å². The predicted octanol–water partition coefficient (Wildman–Crippen LogP) is 3.79. The van der Waals surface area contributed by atoms with Crippen molar-refractivity contribution in [3.8, 4) is 0 Å². The average molecular weight is 470 g/mol. The van der Waals surface area contributed by atoms with Crippen molar-refractivity contribution < 1.29 is 14.6 Å². The molecule has 0 spiro atoms. The van der Waals surface area contributed by atoms with Crippen molar-refractivity contribution in [2.45, 2.75) is 12.8 Å². The van der Waals surface area contributed by atoms with Crippen LogP contribution in [-0.2, 0) is 6.42 Å². The van der Waals surface area contributed by atoms with Crippen LogP contribution in [0.4, 0.5) is 28.7 Å². The second kappa shape index (κ2) is 9.04. The Balaban J connectivity index is 1.63. The number of amides is 1. The topological polar surface area (TPSA) is 156 Å². The van der Waals surface area contributed by atoms with Crippen LogP contribution in [0.1, 0.15) is 22.3 Å². The fourth-order valence-electron chi connectivity index (χ4n) is 3.56. The maximum atomic E-state index is 12.5. The van der Waals surface area contributed by atoms with Crippen LogP contribution in [0.5, 0.6) is 0 Å². The lowest BCUT2D eigenvalue weighted by Gasteiger charge is -2.30. The van der Waals surface area contributed by atoms with Gasteiger partial charge in [0, 0.05) is 23.9 Å². The molecule has 13 heteroatoms. The molecule has 1 aliphatic rings. The summed E-state index contributed by atoms with van der Waals surface area (Å²) in [6.07, 6.45) is 2.79. The van der Waals surface area contributed by atoms with Crippen molar-refractivity contribution in [1.29, 1.82) is 0 Å². The minimum Gasteiger partial charge on any atom is -0.320 e. The molecule has 1 aliphatic heterocycles. The molecule has 33 heavy (non-hydrogen) atoms. The molecule has 0 saturated heterocycles. The summed E-state index contributed by atoms with van der Waals surface area (Å²) in [6.45, 7) is 0.523. The van der Waals surface area contributed by atoms with Gasteiger partial charge in [0.25, 0.3) is 11.6 Å². The maximum absolute atomic E-state index is 12.5. The van der Waals surface area contributed by atoms with Crippen molar-refractivity contribution in [3.63, 3.8) is 0 Å². The Morgan fingerprint density at radius 3 is 2.64 bits per heavy atom. The second-order valence-electron chi connectivity index (χ2n) is 7.04. The number of carbonyl (C=O) groups is 1. The number of fused-ring (bicyclic) bond motifs is 1. The van der Waals surface area contributed by atoms with Gasteiger partial charge in [0.15, 0.2) is 0 Å². The molecule has 1 amide bonds. The average Bonchev–Trinajstić information content (AvgIpc) is 2.81. The highest BCUT2D eigenvalue weighted by atomic mass is 35.5. The zero-order chi connectivity index (χ0) is 23.5. The molecule has 2 heterocycles. The molecule has 168 valence electrons. The first-order chi connectivity index (χ1) is 15.9. The van der Waals surface area contributed by atoms with Gasteiger partial charge >= 0.3 is 5.69 Å². The van der Waals surface area contributed by atoms with Gasteiger partial charge in [-0.25, -0.2) is 9.97 Å². The highest BCUT2D eigenvalue weighted by Crippen LogP contribution is 2.39. The Labute approximate surface area is 191 Å². The van der Waals surface area contributed by atoms with E-state index in [9.17, 15) is 25.0 Å². The zero-order valence-corrected chi connectivity index (χ0v) is 17.7. The number of nitrogens with one attached hydrogen (secondary N) is 2. The van der Waals surface area contributed by atoms with Crippen LogP contribution in [0.25, 0.3) is 0 Å². The lowest BCUT2D eigenvalue weighted by molar-refractivity contribution is -0.384. The summed E-state index contributed by atoms with van der Waals surface area (Å²) >= 11 is 5.77. The number of hydrogen-bond acceptors (Lipinski definition) is 9. The van der Waals surface area contributed by atoms with E-state index in [2.05, 4.69) is 20.8 Å². The first kappa shape index (κ1) is 21.9. The minimum atomic E-state index is -0.771. The Bertz CT molecular complexity index is 1270. The van der Waals surface area contributed by atoms with Crippen LogP contribution in [0.15, 0.2) is 48.8 Å². The summed E-state index contributed by atoms with van der Waals surface area (Å²) in [5, 5.41) is 22.9. The van der Waals surface area contributed by atoms with Crippen molar-refractivity contribution in [2.24, 2.45) is 0 Å². The second-order valence-corrected chi connectivity index (χ2v) is 7.45. The van der Waals surface area contributed by atoms with E-state index in [4.69, 9.17) is 11.6 Å². The van der Waals surface area contributed by atoms with Crippen LogP contribution in [-0.4, -0.2) is 32.3 Å². The largest absolute Gasteiger partial charge is 0.355 e. The Morgan fingerprint density at radius 1 is 1.09 bits per heavy atom. The summed E-state index contributed by atoms with van der Waals surface area (Å²) in [4.78, 5) is 43.9. The van der Waals surface area contributed by atoms with Crippen molar-refractivity contribution in [2.75, 3.05) is 16.9 Å². The number of aromatic nitrogens is 2. The number of nitrogens with zero attached hydrogens (tertiary/aromatic N) is 5. The monoisotopic (exact) mass is 469 g/mol. The van der Waals surface area contributed by atoms with E-state index in [-0.39, 0.29) is 22.2 Å². The number of benzene rings is 2. The number of nitro benzene ring substituents is 1. The lowest BCUT2D eigenvalue weighted by Crippen LogP contribution is -2.31. The van der Waals surface area contributed by atoms with E-state index in [1.807, 2.05) is 24.3 Å².